The Labute approximate surface area is 179 Å². The summed E-state index contributed by atoms with van der Waals surface area (Å²) < 4.78 is 16.0. The number of aromatic nitrogens is 1. The van der Waals surface area contributed by atoms with Crippen molar-refractivity contribution >= 4 is 17.7 Å². The van der Waals surface area contributed by atoms with E-state index in [1.54, 1.807) is 19.2 Å². The third-order valence-corrected chi connectivity index (χ3v) is 5.27. The van der Waals surface area contributed by atoms with E-state index in [0.717, 1.165) is 21.9 Å². The van der Waals surface area contributed by atoms with Crippen molar-refractivity contribution in [3.63, 3.8) is 0 Å². The second-order valence-electron chi connectivity index (χ2n) is 6.38. The van der Waals surface area contributed by atoms with Crippen LogP contribution in [0.15, 0.2) is 57.9 Å². The lowest BCUT2D eigenvalue weighted by atomic mass is 10.1. The van der Waals surface area contributed by atoms with Crippen LogP contribution in [0.5, 0.6) is 11.5 Å². The van der Waals surface area contributed by atoms with Crippen LogP contribution in [0.3, 0.4) is 0 Å². The summed E-state index contributed by atoms with van der Waals surface area (Å²) in [6.07, 6.45) is 5.26. The maximum absolute atomic E-state index is 12.8. The van der Waals surface area contributed by atoms with Crippen LogP contribution < -0.4 is 14.8 Å². The van der Waals surface area contributed by atoms with Crippen molar-refractivity contribution in [3.8, 4) is 23.8 Å². The van der Waals surface area contributed by atoms with Crippen LogP contribution in [0.2, 0.25) is 0 Å². The van der Waals surface area contributed by atoms with Crippen molar-refractivity contribution in [3.05, 3.63) is 71.1 Å². The fraction of sp³-hybridized carbons (Fsp3) is 0.217. The number of amides is 1. The molecule has 7 heteroatoms. The lowest BCUT2D eigenvalue weighted by molar-refractivity contribution is 0.0948. The summed E-state index contributed by atoms with van der Waals surface area (Å²) in [6, 6.07) is 14.8. The van der Waals surface area contributed by atoms with Crippen molar-refractivity contribution in [1.82, 2.24) is 10.5 Å². The monoisotopic (exact) mass is 422 g/mol. The molecule has 1 N–H and O–H groups in total. The molecule has 1 heterocycles. The normalized spacial score (nSPS) is 10.3. The number of ether oxygens (including phenoxy) is 2. The Morgan fingerprint density at radius 1 is 1.23 bits per heavy atom. The number of thioether (sulfide) groups is 1. The zero-order valence-corrected chi connectivity index (χ0v) is 17.6. The highest BCUT2D eigenvalue weighted by molar-refractivity contribution is 7.98. The van der Waals surface area contributed by atoms with Crippen LogP contribution in [0, 0.1) is 19.3 Å². The third kappa shape index (κ3) is 5.58. The largest absolute Gasteiger partial charge is 0.493 e. The Morgan fingerprint density at radius 3 is 2.80 bits per heavy atom. The molecule has 2 aromatic carbocycles. The highest BCUT2D eigenvalue weighted by atomic mass is 32.2. The molecule has 154 valence electrons. The van der Waals surface area contributed by atoms with E-state index in [2.05, 4.69) is 16.4 Å². The van der Waals surface area contributed by atoms with Crippen molar-refractivity contribution in [2.45, 2.75) is 24.1 Å². The van der Waals surface area contributed by atoms with Gasteiger partial charge in [-0.3, -0.25) is 4.79 Å². The van der Waals surface area contributed by atoms with Crippen LogP contribution in [-0.2, 0) is 12.3 Å². The topological polar surface area (TPSA) is 73.6 Å². The molecular weight excluding hydrogens is 400 g/mol. The molecule has 0 saturated carbocycles. The molecule has 6 nitrogen and oxygen atoms in total. The summed E-state index contributed by atoms with van der Waals surface area (Å²) in [4.78, 5) is 13.7. The minimum atomic E-state index is -0.159. The second kappa shape index (κ2) is 10.4. The van der Waals surface area contributed by atoms with E-state index in [-0.39, 0.29) is 12.5 Å². The zero-order valence-electron chi connectivity index (χ0n) is 16.8. The average molecular weight is 423 g/mol. The molecule has 1 amide bonds. The Bertz CT molecular complexity index is 1060. The molecule has 0 aliphatic carbocycles. The number of hydrogen-bond donors (Lipinski definition) is 1. The van der Waals surface area contributed by atoms with Gasteiger partial charge in [-0.15, -0.1) is 18.2 Å². The number of benzene rings is 2. The predicted octanol–water partition coefficient (Wildman–Crippen LogP) is 4.23. The van der Waals surface area contributed by atoms with Gasteiger partial charge < -0.3 is 19.3 Å². The SMILES string of the molecule is C#CCOc1cc(CNC(=O)c2ccccc2SCc2cc(C)no2)ccc1OC. The van der Waals surface area contributed by atoms with Crippen molar-refractivity contribution < 1.29 is 18.8 Å². The molecule has 0 bridgehead atoms. The summed E-state index contributed by atoms with van der Waals surface area (Å²) in [6.45, 7) is 2.36. The number of terminal acetylenes is 1. The lowest BCUT2D eigenvalue weighted by Gasteiger charge is -2.12. The van der Waals surface area contributed by atoms with E-state index in [1.807, 2.05) is 43.3 Å². The number of methoxy groups -OCH3 is 1. The number of rotatable bonds is 9. The molecule has 30 heavy (non-hydrogen) atoms. The summed E-state index contributed by atoms with van der Waals surface area (Å²) in [5.41, 5.74) is 2.32. The molecular formula is C23H22N2O4S. The van der Waals surface area contributed by atoms with Gasteiger partial charge in [0.25, 0.3) is 5.91 Å². The first-order valence-electron chi connectivity index (χ1n) is 9.26. The zero-order chi connectivity index (χ0) is 21.3. The Balaban J connectivity index is 1.66. The Kier molecular flexibility index (Phi) is 7.41. The van der Waals surface area contributed by atoms with Crippen molar-refractivity contribution in [1.29, 1.82) is 0 Å². The molecule has 0 atom stereocenters. The van der Waals surface area contributed by atoms with Gasteiger partial charge in [-0.05, 0) is 36.8 Å². The number of hydrogen-bond acceptors (Lipinski definition) is 6. The van der Waals surface area contributed by atoms with Crippen molar-refractivity contribution in [2.24, 2.45) is 0 Å². The van der Waals surface area contributed by atoms with Crippen LogP contribution >= 0.6 is 11.8 Å². The number of aryl methyl sites for hydroxylation is 1. The maximum Gasteiger partial charge on any atom is 0.252 e. The second-order valence-corrected chi connectivity index (χ2v) is 7.40. The highest BCUT2D eigenvalue weighted by Crippen LogP contribution is 2.29. The molecule has 1 aromatic heterocycles. The van der Waals surface area contributed by atoms with Crippen LogP contribution in [0.25, 0.3) is 0 Å². The third-order valence-electron chi connectivity index (χ3n) is 4.17. The quantitative estimate of drug-likeness (QED) is 0.411. The van der Waals surface area contributed by atoms with Gasteiger partial charge in [-0.2, -0.15) is 0 Å². The van der Waals surface area contributed by atoms with Gasteiger partial charge >= 0.3 is 0 Å². The minimum Gasteiger partial charge on any atom is -0.493 e. The van der Waals surface area contributed by atoms with E-state index >= 15 is 0 Å². The maximum atomic E-state index is 12.8. The fourth-order valence-electron chi connectivity index (χ4n) is 2.75. The van der Waals surface area contributed by atoms with E-state index < -0.39 is 0 Å². The summed E-state index contributed by atoms with van der Waals surface area (Å²) in [5, 5.41) is 6.84. The molecule has 0 aliphatic heterocycles. The Morgan fingerprint density at radius 2 is 2.07 bits per heavy atom. The average Bonchev–Trinajstić information content (AvgIpc) is 3.19. The first-order valence-corrected chi connectivity index (χ1v) is 10.2. The smallest absolute Gasteiger partial charge is 0.252 e. The number of carbonyl (C=O) groups excluding carboxylic acids is 1. The fourth-order valence-corrected chi connectivity index (χ4v) is 3.68. The molecule has 0 aliphatic rings. The summed E-state index contributed by atoms with van der Waals surface area (Å²) in [5.74, 6) is 4.77. The Hall–Kier alpha value is -3.37. The molecule has 0 unspecified atom stereocenters. The van der Waals surface area contributed by atoms with Gasteiger partial charge in [0.1, 0.15) is 12.4 Å². The van der Waals surface area contributed by atoms with Gasteiger partial charge in [0.05, 0.1) is 24.1 Å². The molecule has 0 fully saturated rings. The van der Waals surface area contributed by atoms with Gasteiger partial charge in [0.15, 0.2) is 11.5 Å². The minimum absolute atomic E-state index is 0.140. The van der Waals surface area contributed by atoms with E-state index in [0.29, 0.717) is 29.4 Å². The van der Waals surface area contributed by atoms with Crippen LogP contribution in [0.1, 0.15) is 27.4 Å². The van der Waals surface area contributed by atoms with E-state index in [9.17, 15) is 4.79 Å². The van der Waals surface area contributed by atoms with Gasteiger partial charge in [-0.25, -0.2) is 0 Å². The van der Waals surface area contributed by atoms with Crippen LogP contribution in [0.4, 0.5) is 0 Å². The summed E-state index contributed by atoms with van der Waals surface area (Å²) >= 11 is 1.53. The highest BCUT2D eigenvalue weighted by Gasteiger charge is 2.13. The molecule has 0 spiro atoms. The predicted molar refractivity (Wildman–Crippen MR) is 116 cm³/mol. The molecule has 0 saturated heterocycles. The number of nitrogens with one attached hydrogen (secondary N) is 1. The first-order chi connectivity index (χ1) is 14.6. The van der Waals surface area contributed by atoms with E-state index in [1.165, 1.54) is 11.8 Å². The standard InChI is InChI=1S/C23H22N2O4S/c1-4-11-28-21-13-17(9-10-20(21)27-3)14-24-23(26)19-7-5-6-8-22(19)30-15-18-12-16(2)25-29-18/h1,5-10,12-13H,11,14-15H2,2-3H3,(H,24,26). The van der Waals surface area contributed by atoms with Gasteiger partial charge in [-0.1, -0.05) is 29.3 Å². The van der Waals surface area contributed by atoms with Gasteiger partial charge in [0.2, 0.25) is 0 Å². The number of carbonyl (C=O) groups is 1. The van der Waals surface area contributed by atoms with E-state index in [4.69, 9.17) is 20.4 Å². The van der Waals surface area contributed by atoms with Crippen LogP contribution in [-0.4, -0.2) is 24.8 Å². The lowest BCUT2D eigenvalue weighted by Crippen LogP contribution is -2.23. The van der Waals surface area contributed by atoms with Crippen molar-refractivity contribution in [2.75, 3.05) is 13.7 Å². The molecule has 0 radical (unpaired) electrons. The first kappa shape index (κ1) is 21.3. The van der Waals surface area contributed by atoms with Gasteiger partial charge in [0, 0.05) is 17.5 Å². The molecule has 3 rings (SSSR count). The number of nitrogens with zero attached hydrogens (tertiary/aromatic N) is 1. The molecule has 3 aromatic rings. The summed E-state index contributed by atoms with van der Waals surface area (Å²) in [7, 11) is 1.56.